The number of esters is 1. The van der Waals surface area contributed by atoms with Crippen molar-refractivity contribution in [3.05, 3.63) is 34.1 Å². The van der Waals surface area contributed by atoms with Crippen molar-refractivity contribution in [2.75, 3.05) is 13.7 Å². The summed E-state index contributed by atoms with van der Waals surface area (Å²) in [4.78, 5) is 24.5. The van der Waals surface area contributed by atoms with E-state index in [0.29, 0.717) is 12.2 Å². The van der Waals surface area contributed by atoms with Crippen molar-refractivity contribution in [3.63, 3.8) is 0 Å². The van der Waals surface area contributed by atoms with E-state index >= 15 is 0 Å². The molecule has 0 radical (unpaired) electrons. The van der Waals surface area contributed by atoms with Gasteiger partial charge in [0.25, 0.3) is 0 Å². The van der Waals surface area contributed by atoms with Gasteiger partial charge in [-0.2, -0.15) is 0 Å². The Morgan fingerprint density at radius 1 is 1.55 bits per heavy atom. The summed E-state index contributed by atoms with van der Waals surface area (Å²) in [5.41, 5.74) is 0.453. The van der Waals surface area contributed by atoms with E-state index in [-0.39, 0.29) is 43.0 Å². The number of carbonyl (C=O) groups is 2. The first kappa shape index (κ1) is 15.0. The van der Waals surface area contributed by atoms with Gasteiger partial charge in [0, 0.05) is 36.0 Å². The lowest BCUT2D eigenvalue weighted by atomic mass is 10.0. The number of rotatable bonds is 4. The number of nitrogens with zero attached hydrogens (tertiary/aromatic N) is 1. The number of carbonyl (C=O) groups excluding carboxylic acids is 2. The highest BCUT2D eigenvalue weighted by Gasteiger charge is 2.27. The Morgan fingerprint density at radius 3 is 2.95 bits per heavy atom. The summed E-state index contributed by atoms with van der Waals surface area (Å²) in [5.74, 6) is -0.784. The fourth-order valence-corrected chi connectivity index (χ4v) is 2.51. The number of cyclic esters (lactones) is 1. The van der Waals surface area contributed by atoms with Crippen molar-refractivity contribution in [3.8, 4) is 0 Å². The molecule has 0 saturated carbocycles. The minimum atomic E-state index is -0.341. The first-order chi connectivity index (χ1) is 9.45. The van der Waals surface area contributed by atoms with E-state index in [1.807, 2.05) is 0 Å². The summed E-state index contributed by atoms with van der Waals surface area (Å²) in [6, 6.07) is 4.63. The fraction of sp³-hybridized carbons (Fsp3) is 0.429. The van der Waals surface area contributed by atoms with Gasteiger partial charge in [-0.05, 0) is 18.2 Å². The van der Waals surface area contributed by atoms with E-state index in [2.05, 4.69) is 15.9 Å². The molecule has 1 saturated heterocycles. The van der Waals surface area contributed by atoms with Crippen molar-refractivity contribution in [2.24, 2.45) is 5.92 Å². The molecular weight excluding hydrogens is 329 g/mol. The van der Waals surface area contributed by atoms with Gasteiger partial charge in [-0.1, -0.05) is 15.9 Å². The highest BCUT2D eigenvalue weighted by atomic mass is 79.9. The van der Waals surface area contributed by atoms with Gasteiger partial charge < -0.3 is 9.64 Å². The number of ether oxygens (including phenoxy) is 1. The Labute approximate surface area is 125 Å². The number of hydrogen-bond donors (Lipinski definition) is 0. The smallest absolute Gasteiger partial charge is 0.306 e. The molecule has 20 heavy (non-hydrogen) atoms. The normalized spacial score (nSPS) is 17.9. The minimum Gasteiger partial charge on any atom is -0.465 e. The molecule has 2 rings (SSSR count). The highest BCUT2D eigenvalue weighted by molar-refractivity contribution is 9.10. The van der Waals surface area contributed by atoms with Gasteiger partial charge in [-0.3, -0.25) is 9.59 Å². The van der Waals surface area contributed by atoms with Crippen LogP contribution >= 0.6 is 15.9 Å². The van der Waals surface area contributed by atoms with Crippen molar-refractivity contribution < 1.29 is 18.7 Å². The van der Waals surface area contributed by atoms with Crippen LogP contribution in [0, 0.1) is 11.7 Å². The van der Waals surface area contributed by atoms with Crippen LogP contribution in [0.2, 0.25) is 0 Å². The molecule has 0 aromatic heterocycles. The molecular formula is C14H15BrFNO3. The molecule has 0 spiro atoms. The standard InChI is InChI=1S/C14H15BrFNO3/c1-17(7-10-6-11(15)2-3-12(10)16)13(18)4-9-5-14(19)20-8-9/h2-3,6,9H,4-5,7-8H2,1H3. The number of benzene rings is 1. The van der Waals surface area contributed by atoms with Crippen molar-refractivity contribution in [1.29, 1.82) is 0 Å². The van der Waals surface area contributed by atoms with Gasteiger partial charge in [0.2, 0.25) is 5.91 Å². The molecule has 1 amide bonds. The zero-order chi connectivity index (χ0) is 14.7. The van der Waals surface area contributed by atoms with Crippen LogP contribution in [0.5, 0.6) is 0 Å². The van der Waals surface area contributed by atoms with Crippen molar-refractivity contribution >= 4 is 27.8 Å². The average molecular weight is 344 g/mol. The zero-order valence-electron chi connectivity index (χ0n) is 11.1. The molecule has 1 fully saturated rings. The Morgan fingerprint density at radius 2 is 2.30 bits per heavy atom. The number of amides is 1. The molecule has 1 atom stereocenters. The molecule has 1 aliphatic rings. The highest BCUT2D eigenvalue weighted by Crippen LogP contribution is 2.20. The van der Waals surface area contributed by atoms with E-state index in [0.717, 1.165) is 4.47 Å². The third-order valence-electron chi connectivity index (χ3n) is 3.24. The van der Waals surface area contributed by atoms with Gasteiger partial charge in [0.15, 0.2) is 0 Å². The van der Waals surface area contributed by atoms with Crippen molar-refractivity contribution in [2.45, 2.75) is 19.4 Å². The zero-order valence-corrected chi connectivity index (χ0v) is 12.7. The van der Waals surface area contributed by atoms with E-state index in [1.54, 1.807) is 19.2 Å². The van der Waals surface area contributed by atoms with Crippen LogP contribution in [0.25, 0.3) is 0 Å². The lowest BCUT2D eigenvalue weighted by Gasteiger charge is -2.19. The average Bonchev–Trinajstić information content (AvgIpc) is 2.79. The maximum Gasteiger partial charge on any atom is 0.306 e. The van der Waals surface area contributed by atoms with E-state index in [9.17, 15) is 14.0 Å². The predicted molar refractivity (Wildman–Crippen MR) is 74.3 cm³/mol. The van der Waals surface area contributed by atoms with Crippen LogP contribution in [0.3, 0.4) is 0 Å². The summed E-state index contributed by atoms with van der Waals surface area (Å²) in [6.45, 7) is 0.495. The second-order valence-electron chi connectivity index (χ2n) is 4.94. The minimum absolute atomic E-state index is 0.0650. The molecule has 1 aromatic rings. The van der Waals surface area contributed by atoms with Gasteiger partial charge >= 0.3 is 5.97 Å². The van der Waals surface area contributed by atoms with Gasteiger partial charge in [-0.25, -0.2) is 4.39 Å². The molecule has 1 unspecified atom stereocenters. The lowest BCUT2D eigenvalue weighted by Crippen LogP contribution is -2.28. The van der Waals surface area contributed by atoms with E-state index in [4.69, 9.17) is 4.74 Å². The molecule has 1 heterocycles. The Balaban J connectivity index is 1.93. The van der Waals surface area contributed by atoms with Gasteiger partial charge in [0.05, 0.1) is 13.0 Å². The third kappa shape index (κ3) is 3.79. The molecule has 0 N–H and O–H groups in total. The SMILES string of the molecule is CN(Cc1cc(Br)ccc1F)C(=O)CC1COC(=O)C1. The quantitative estimate of drug-likeness (QED) is 0.789. The van der Waals surface area contributed by atoms with Crippen LogP contribution in [0.4, 0.5) is 4.39 Å². The fourth-order valence-electron chi connectivity index (χ4n) is 2.11. The molecule has 0 aliphatic carbocycles. The van der Waals surface area contributed by atoms with Gasteiger partial charge in [0.1, 0.15) is 5.82 Å². The molecule has 4 nitrogen and oxygen atoms in total. The number of hydrogen-bond acceptors (Lipinski definition) is 3. The lowest BCUT2D eigenvalue weighted by molar-refractivity contribution is -0.138. The summed E-state index contributed by atoms with van der Waals surface area (Å²) < 4.78 is 19.2. The maximum atomic E-state index is 13.6. The van der Waals surface area contributed by atoms with Gasteiger partial charge in [-0.15, -0.1) is 0 Å². The van der Waals surface area contributed by atoms with E-state index < -0.39 is 0 Å². The monoisotopic (exact) mass is 343 g/mol. The molecule has 1 aliphatic heterocycles. The maximum absolute atomic E-state index is 13.6. The molecule has 0 bridgehead atoms. The topological polar surface area (TPSA) is 46.6 Å². The predicted octanol–water partition coefficient (Wildman–Crippen LogP) is 2.50. The van der Waals surface area contributed by atoms with Crippen LogP contribution in [0.15, 0.2) is 22.7 Å². The summed E-state index contributed by atoms with van der Waals surface area (Å²) >= 11 is 3.28. The van der Waals surface area contributed by atoms with Crippen molar-refractivity contribution in [1.82, 2.24) is 4.90 Å². The molecule has 1 aromatic carbocycles. The summed E-state index contributed by atoms with van der Waals surface area (Å²) in [7, 11) is 1.63. The first-order valence-corrected chi connectivity index (χ1v) is 7.08. The summed E-state index contributed by atoms with van der Waals surface area (Å²) in [6.07, 6.45) is 0.530. The second kappa shape index (κ2) is 6.35. The van der Waals surface area contributed by atoms with Crippen LogP contribution < -0.4 is 0 Å². The largest absolute Gasteiger partial charge is 0.465 e. The van der Waals surface area contributed by atoms with Crippen LogP contribution in [-0.4, -0.2) is 30.4 Å². The number of halogens is 2. The van der Waals surface area contributed by atoms with E-state index in [1.165, 1.54) is 11.0 Å². The molecule has 108 valence electrons. The Hall–Kier alpha value is -1.43. The Bertz CT molecular complexity index is 535. The first-order valence-electron chi connectivity index (χ1n) is 6.29. The summed E-state index contributed by atoms with van der Waals surface area (Å²) in [5, 5.41) is 0. The molecule has 6 heteroatoms. The van der Waals surface area contributed by atoms with Crippen LogP contribution in [0.1, 0.15) is 18.4 Å². The third-order valence-corrected chi connectivity index (χ3v) is 3.73. The van der Waals surface area contributed by atoms with Crippen LogP contribution in [-0.2, 0) is 20.9 Å². The Kier molecular flexibility index (Phi) is 4.75. The second-order valence-corrected chi connectivity index (χ2v) is 5.86.